The smallest absolute Gasteiger partial charge is 0.326 e. The molecule has 2 aromatic carbocycles. The first-order valence-electron chi connectivity index (χ1n) is 30.9. The van der Waals surface area contributed by atoms with Crippen molar-refractivity contribution in [2.75, 3.05) is 104 Å². The van der Waals surface area contributed by atoms with Gasteiger partial charge in [-0.15, -0.1) is 15.3 Å². The van der Waals surface area contributed by atoms with Gasteiger partial charge in [0, 0.05) is 63.7 Å². The first kappa shape index (κ1) is 77.9. The predicted molar refractivity (Wildman–Crippen MR) is 340 cm³/mol. The Bertz CT molecular complexity index is 3290. The highest BCUT2D eigenvalue weighted by Gasteiger charge is 2.33. The molecule has 5 rings (SSSR count). The van der Waals surface area contributed by atoms with E-state index in [2.05, 4.69) is 52.4 Å². The van der Waals surface area contributed by atoms with Crippen LogP contribution in [-0.4, -0.2) is 255 Å². The Balaban J connectivity index is 1.10. The number of anilines is 1. The minimum Gasteiger partial charge on any atom is -0.508 e. The van der Waals surface area contributed by atoms with Gasteiger partial charge in [-0.3, -0.25) is 57.7 Å². The van der Waals surface area contributed by atoms with Gasteiger partial charge in [0.25, 0.3) is 10.0 Å². The van der Waals surface area contributed by atoms with E-state index < -0.39 is 104 Å². The molecule has 1 saturated heterocycles. The lowest BCUT2D eigenvalue weighted by atomic mass is 9.73. The molecule has 96 heavy (non-hydrogen) atoms. The van der Waals surface area contributed by atoms with Crippen LogP contribution in [0.25, 0.3) is 0 Å². The standard InChI is InChI=1S/C59H85N15O20S2/c1-59(39-10-14-42(75)15-11-39,40-12-16-43(76)17-13-40)19-18-48(78)64-45(55(87)88)33-50(80)65-46(56(89)90)34-49(79)63-44(8-2-3-26-74-35-41(67-70-74)7-4-9-47(77)66-57-68-69-58(95-57)96(60,91)92)54(86)62-21-30-94-32-31-93-29-20-61-51(81)36-72-24-5-22-71(37-52(82)83)23-6-25-73(28-27-72)38-53(84)85/h10-17,35,44-46,75-76H,2-9,18-34,36-38H2,1H3,(H,61,81)(H,62,86)(H,63,79)(H,64,78)(H,65,80)(H,82,83)(H,84,85)(H,87,88)(H,89,90)(H2,60,91,92)(H,66,68,77)/t44-,45-,46-/m0/s1. The average Bonchev–Trinajstić information content (AvgIpc) is 1.09. The Labute approximate surface area is 556 Å². The Morgan fingerprint density at radius 2 is 1.11 bits per heavy atom. The summed E-state index contributed by atoms with van der Waals surface area (Å²) in [7, 11) is -4.09. The first-order valence-corrected chi connectivity index (χ1v) is 33.3. The number of unbranched alkanes of at least 4 members (excludes halogenated alkanes) is 1. The van der Waals surface area contributed by atoms with Gasteiger partial charge in [-0.1, -0.05) is 47.7 Å². The molecule has 1 fully saturated rings. The average molecular weight is 1390 g/mol. The molecular weight excluding hydrogens is 1300 g/mol. The van der Waals surface area contributed by atoms with Gasteiger partial charge in [-0.2, -0.15) is 0 Å². The summed E-state index contributed by atoms with van der Waals surface area (Å²) in [6.45, 7) is 5.06. The number of primary sulfonamides is 1. The third-order valence-corrected chi connectivity index (χ3v) is 17.4. The minimum absolute atomic E-state index is 0.00166. The molecule has 14 N–H and O–H groups in total. The number of carboxylic acids is 4. The number of nitrogens with zero attached hydrogens (tertiary/aromatic N) is 8. The first-order chi connectivity index (χ1) is 45.6. The van der Waals surface area contributed by atoms with Gasteiger partial charge < -0.3 is 72.0 Å². The van der Waals surface area contributed by atoms with Crippen LogP contribution < -0.4 is 37.0 Å². The SMILES string of the molecule is CC(CCC(=O)N[C@@H](CC(=O)N[C@@H](CC(=O)N[C@@H](CCCCn1cc(CCCC(=O)Nc2nnc(S(N)(=O)=O)s2)nn1)C(=O)NCCOCCOCCNC(=O)CN1CCCN(CC(=O)O)CCCN(CC(=O)O)CC1)C(=O)O)C(=O)O)(c1ccc(O)cc1)c1ccc(O)cc1. The van der Waals surface area contributed by atoms with Crippen LogP contribution in [0.15, 0.2) is 59.1 Å². The lowest BCUT2D eigenvalue weighted by Crippen LogP contribution is -2.51. The molecule has 1 aliphatic rings. The van der Waals surface area contributed by atoms with Crippen molar-refractivity contribution in [1.29, 1.82) is 0 Å². The van der Waals surface area contributed by atoms with Gasteiger partial charge in [-0.05, 0) is 106 Å². The molecule has 2 aromatic heterocycles. The van der Waals surface area contributed by atoms with Gasteiger partial charge in [0.15, 0.2) is 0 Å². The molecule has 0 unspecified atom stereocenters. The van der Waals surface area contributed by atoms with Crippen LogP contribution in [-0.2, 0) is 85.8 Å². The minimum atomic E-state index is -4.09. The van der Waals surface area contributed by atoms with Crippen molar-refractivity contribution in [2.24, 2.45) is 5.14 Å². The van der Waals surface area contributed by atoms with E-state index in [4.69, 9.17) is 14.6 Å². The normalized spacial score (nSPS) is 14.6. The topological polar surface area (TPSA) is 509 Å². The van der Waals surface area contributed by atoms with E-state index in [-0.39, 0.29) is 107 Å². The second kappa shape index (κ2) is 39.9. The van der Waals surface area contributed by atoms with Gasteiger partial charge >= 0.3 is 23.9 Å². The number of phenols is 2. The van der Waals surface area contributed by atoms with Crippen LogP contribution in [0.3, 0.4) is 0 Å². The number of carbonyl (C=O) groups excluding carboxylic acids is 6. The van der Waals surface area contributed by atoms with E-state index in [0.29, 0.717) is 112 Å². The van der Waals surface area contributed by atoms with Crippen LogP contribution >= 0.6 is 11.3 Å². The third-order valence-electron chi connectivity index (χ3n) is 15.2. The fourth-order valence-electron chi connectivity index (χ4n) is 10.2. The number of amides is 6. The number of aryl methyl sites for hydroxylation is 2. The quantitative estimate of drug-likeness (QED) is 0.0180. The number of aromatic nitrogens is 5. The van der Waals surface area contributed by atoms with Crippen molar-refractivity contribution in [1.82, 2.24) is 66.5 Å². The summed E-state index contributed by atoms with van der Waals surface area (Å²) in [5.74, 6) is -9.51. The monoisotopic (exact) mass is 1390 g/mol. The number of sulfonamides is 1. The molecule has 3 heterocycles. The summed E-state index contributed by atoms with van der Waals surface area (Å²) < 4.78 is 35.3. The van der Waals surface area contributed by atoms with Crippen LogP contribution in [0.2, 0.25) is 0 Å². The highest BCUT2D eigenvalue weighted by Crippen LogP contribution is 2.38. The lowest BCUT2D eigenvalue weighted by molar-refractivity contribution is -0.145. The zero-order valence-electron chi connectivity index (χ0n) is 53.1. The highest BCUT2D eigenvalue weighted by atomic mass is 32.2. The maximum atomic E-state index is 13.7. The van der Waals surface area contributed by atoms with Gasteiger partial charge in [0.2, 0.25) is 44.9 Å². The van der Waals surface area contributed by atoms with Crippen molar-refractivity contribution >= 4 is 85.8 Å². The molecule has 0 spiro atoms. The van der Waals surface area contributed by atoms with Crippen molar-refractivity contribution in [3.63, 3.8) is 0 Å². The summed E-state index contributed by atoms with van der Waals surface area (Å²) in [4.78, 5) is 132. The second-order valence-electron chi connectivity index (χ2n) is 22.8. The number of nitrogens with one attached hydrogen (secondary N) is 6. The zero-order chi connectivity index (χ0) is 70.2. The number of nitrogens with two attached hydrogens (primary N) is 1. The molecule has 3 atom stereocenters. The molecule has 0 saturated carbocycles. The highest BCUT2D eigenvalue weighted by molar-refractivity contribution is 7.91. The molecule has 1 aliphatic heterocycles. The molecule has 37 heteroatoms. The van der Waals surface area contributed by atoms with Gasteiger partial charge in [0.05, 0.1) is 64.6 Å². The summed E-state index contributed by atoms with van der Waals surface area (Å²) in [5.41, 5.74) is 1.04. The van der Waals surface area contributed by atoms with Crippen molar-refractivity contribution in [3.05, 3.63) is 71.5 Å². The number of ether oxygens (including phenoxy) is 2. The van der Waals surface area contributed by atoms with E-state index >= 15 is 0 Å². The van der Waals surface area contributed by atoms with E-state index in [1.807, 2.05) is 11.8 Å². The van der Waals surface area contributed by atoms with Crippen LogP contribution in [0.1, 0.15) is 94.4 Å². The van der Waals surface area contributed by atoms with Crippen LogP contribution in [0.5, 0.6) is 11.5 Å². The summed E-state index contributed by atoms with van der Waals surface area (Å²) in [5, 5.41) is 93.9. The molecule has 4 aromatic rings. The Morgan fingerprint density at radius 1 is 0.604 bits per heavy atom. The van der Waals surface area contributed by atoms with Gasteiger partial charge in [0.1, 0.15) is 29.6 Å². The van der Waals surface area contributed by atoms with E-state index in [1.54, 1.807) is 40.3 Å². The zero-order valence-corrected chi connectivity index (χ0v) is 54.7. The van der Waals surface area contributed by atoms with Crippen molar-refractivity contribution < 1.29 is 96.5 Å². The predicted octanol–water partition coefficient (Wildman–Crippen LogP) is -1.36. The largest absolute Gasteiger partial charge is 0.508 e. The molecule has 6 amide bonds. The van der Waals surface area contributed by atoms with E-state index in [1.165, 1.54) is 28.9 Å². The van der Waals surface area contributed by atoms with Crippen LogP contribution in [0.4, 0.5) is 5.13 Å². The molecule has 0 aliphatic carbocycles. The third kappa shape index (κ3) is 29.0. The number of aliphatic carboxylic acids is 4. The second-order valence-corrected chi connectivity index (χ2v) is 25.6. The Morgan fingerprint density at radius 3 is 1.64 bits per heavy atom. The number of phenolic OH excluding ortho intramolecular Hbond substituents is 2. The molecule has 0 bridgehead atoms. The summed E-state index contributed by atoms with van der Waals surface area (Å²) in [6, 6.07) is 7.50. The maximum Gasteiger partial charge on any atom is 0.326 e. The van der Waals surface area contributed by atoms with Crippen LogP contribution in [0, 0.1) is 0 Å². The fraction of sp³-hybridized carbons (Fsp3) is 0.559. The Kier molecular flexibility index (Phi) is 32.3. The summed E-state index contributed by atoms with van der Waals surface area (Å²) >= 11 is 0.603. The van der Waals surface area contributed by atoms with E-state index in [9.17, 15) is 87.0 Å². The summed E-state index contributed by atoms with van der Waals surface area (Å²) in [6.07, 6.45) is 2.31. The molecule has 528 valence electrons. The number of rotatable bonds is 41. The number of benzene rings is 2. The van der Waals surface area contributed by atoms with Crippen molar-refractivity contribution in [2.45, 2.75) is 118 Å². The number of carboxylic acid groups (broad SMARTS) is 4. The van der Waals surface area contributed by atoms with Gasteiger partial charge in [-0.25, -0.2) is 23.1 Å². The fourth-order valence-corrected chi connectivity index (χ4v) is 11.5. The Hall–Kier alpha value is -8.85. The number of hydrogen-bond donors (Lipinski definition) is 13. The molecular formula is C59H85N15O20S2. The molecule has 35 nitrogen and oxygen atoms in total. The number of carbonyl (C=O) groups is 10. The number of aromatic hydroxyl groups is 2. The number of hydrogen-bond acceptors (Lipinski definition) is 24. The maximum absolute atomic E-state index is 13.7. The lowest BCUT2D eigenvalue weighted by Gasteiger charge is -2.31. The van der Waals surface area contributed by atoms with Crippen molar-refractivity contribution in [3.8, 4) is 11.5 Å². The molecule has 0 radical (unpaired) electrons. The van der Waals surface area contributed by atoms with E-state index in [0.717, 1.165) is 0 Å².